The van der Waals surface area contributed by atoms with Crippen LogP contribution in [0.2, 0.25) is 0 Å². The van der Waals surface area contributed by atoms with Gasteiger partial charge in [0.1, 0.15) is 5.75 Å². The maximum atomic E-state index is 5.15. The van der Waals surface area contributed by atoms with E-state index >= 15 is 0 Å². The summed E-state index contributed by atoms with van der Waals surface area (Å²) in [4.78, 5) is 0. The van der Waals surface area contributed by atoms with Crippen molar-refractivity contribution < 1.29 is 4.74 Å². The van der Waals surface area contributed by atoms with Crippen molar-refractivity contribution in [1.29, 1.82) is 0 Å². The largest absolute Gasteiger partial charge is 0.497 e. The Kier molecular flexibility index (Phi) is 5.15. The molecule has 6 heteroatoms. The molecule has 0 aliphatic carbocycles. The second-order valence-corrected chi connectivity index (χ2v) is 7.14. The first-order chi connectivity index (χ1) is 11.2. The summed E-state index contributed by atoms with van der Waals surface area (Å²) in [7, 11) is 1.66. The van der Waals surface area contributed by atoms with Gasteiger partial charge in [0.2, 0.25) is 5.13 Å². The number of nitrogens with one attached hydrogen (secondary N) is 1. The number of rotatable bonds is 6. The van der Waals surface area contributed by atoms with Crippen LogP contribution < -0.4 is 10.1 Å². The van der Waals surface area contributed by atoms with Crippen molar-refractivity contribution in [1.82, 2.24) is 10.2 Å². The van der Waals surface area contributed by atoms with Gasteiger partial charge in [-0.25, -0.2) is 0 Å². The molecule has 0 aliphatic rings. The van der Waals surface area contributed by atoms with Crippen LogP contribution >= 0.6 is 23.1 Å². The molecule has 1 heterocycles. The lowest BCUT2D eigenvalue weighted by atomic mass is 10.1. The number of thioether (sulfide) groups is 1. The molecule has 0 radical (unpaired) electrons. The number of anilines is 2. The lowest BCUT2D eigenvalue weighted by Crippen LogP contribution is -1.89. The van der Waals surface area contributed by atoms with Crippen molar-refractivity contribution in [3.8, 4) is 5.75 Å². The highest BCUT2D eigenvalue weighted by molar-refractivity contribution is 8.00. The van der Waals surface area contributed by atoms with E-state index in [4.69, 9.17) is 4.74 Å². The van der Waals surface area contributed by atoms with Gasteiger partial charge in [-0.05, 0) is 42.3 Å². The standard InChI is InChI=1S/C17H17N3OS2/c1-12-5-3-4-6-13(12)11-22-17-20-19-16(23-17)18-14-7-9-15(21-2)10-8-14/h3-10H,11H2,1-2H3,(H,18,19). The Morgan fingerprint density at radius 3 is 2.61 bits per heavy atom. The smallest absolute Gasteiger partial charge is 0.210 e. The molecule has 1 N–H and O–H groups in total. The molecule has 0 saturated heterocycles. The van der Waals surface area contributed by atoms with E-state index in [-0.39, 0.29) is 0 Å². The maximum Gasteiger partial charge on any atom is 0.210 e. The van der Waals surface area contributed by atoms with Crippen LogP contribution in [0.25, 0.3) is 0 Å². The van der Waals surface area contributed by atoms with Crippen LogP contribution in [0.5, 0.6) is 5.75 Å². The van der Waals surface area contributed by atoms with E-state index in [1.807, 2.05) is 24.3 Å². The molecular formula is C17H17N3OS2. The molecule has 0 aliphatic heterocycles. The molecule has 4 nitrogen and oxygen atoms in total. The number of aromatic nitrogens is 2. The Labute approximate surface area is 143 Å². The molecule has 0 amide bonds. The van der Waals surface area contributed by atoms with Crippen molar-refractivity contribution in [2.75, 3.05) is 12.4 Å². The van der Waals surface area contributed by atoms with Crippen molar-refractivity contribution in [2.45, 2.75) is 17.0 Å². The topological polar surface area (TPSA) is 47.0 Å². The summed E-state index contributed by atoms with van der Waals surface area (Å²) in [6.45, 7) is 2.13. The van der Waals surface area contributed by atoms with Crippen LogP contribution in [0.1, 0.15) is 11.1 Å². The van der Waals surface area contributed by atoms with Crippen molar-refractivity contribution in [3.63, 3.8) is 0 Å². The van der Waals surface area contributed by atoms with E-state index in [0.717, 1.165) is 26.7 Å². The summed E-state index contributed by atoms with van der Waals surface area (Å²) in [5.41, 5.74) is 3.61. The lowest BCUT2D eigenvalue weighted by Gasteiger charge is -2.03. The van der Waals surface area contributed by atoms with Crippen molar-refractivity contribution in [2.24, 2.45) is 0 Å². The van der Waals surface area contributed by atoms with E-state index in [1.165, 1.54) is 11.1 Å². The molecule has 0 bridgehead atoms. The normalized spacial score (nSPS) is 10.5. The molecule has 0 spiro atoms. The van der Waals surface area contributed by atoms with E-state index in [0.29, 0.717) is 0 Å². The molecular weight excluding hydrogens is 326 g/mol. The minimum Gasteiger partial charge on any atom is -0.497 e. The summed E-state index contributed by atoms with van der Waals surface area (Å²) >= 11 is 3.27. The molecule has 118 valence electrons. The maximum absolute atomic E-state index is 5.15. The summed E-state index contributed by atoms with van der Waals surface area (Å²) < 4.78 is 6.11. The third kappa shape index (κ3) is 4.24. The average molecular weight is 343 g/mol. The number of hydrogen-bond donors (Lipinski definition) is 1. The summed E-state index contributed by atoms with van der Waals surface area (Å²) in [5.74, 6) is 1.74. The van der Waals surface area contributed by atoms with E-state index in [1.54, 1.807) is 30.2 Å². The van der Waals surface area contributed by atoms with Gasteiger partial charge >= 0.3 is 0 Å². The Morgan fingerprint density at radius 1 is 1.09 bits per heavy atom. The van der Waals surface area contributed by atoms with Gasteiger partial charge in [0.05, 0.1) is 7.11 Å². The van der Waals surface area contributed by atoms with Gasteiger partial charge < -0.3 is 10.1 Å². The second-order valence-electron chi connectivity index (χ2n) is 4.94. The molecule has 23 heavy (non-hydrogen) atoms. The van der Waals surface area contributed by atoms with Gasteiger partial charge in [0.25, 0.3) is 0 Å². The predicted octanol–water partition coefficient (Wildman–Crippen LogP) is 4.89. The Morgan fingerprint density at radius 2 is 1.87 bits per heavy atom. The fourth-order valence-electron chi connectivity index (χ4n) is 2.03. The summed E-state index contributed by atoms with van der Waals surface area (Å²) in [6, 6.07) is 16.2. The fraction of sp³-hybridized carbons (Fsp3) is 0.176. The molecule has 3 rings (SSSR count). The third-order valence-electron chi connectivity index (χ3n) is 3.36. The summed E-state index contributed by atoms with van der Waals surface area (Å²) in [6.07, 6.45) is 0. The number of aryl methyl sites for hydroxylation is 1. The lowest BCUT2D eigenvalue weighted by molar-refractivity contribution is 0.415. The number of methoxy groups -OCH3 is 1. The van der Waals surface area contributed by atoms with Gasteiger partial charge in [-0.3, -0.25) is 0 Å². The Hall–Kier alpha value is -2.05. The van der Waals surface area contributed by atoms with Crippen LogP contribution in [0.4, 0.5) is 10.8 Å². The SMILES string of the molecule is COc1ccc(Nc2nnc(SCc3ccccc3C)s2)cc1. The molecule has 2 aromatic carbocycles. The van der Waals surface area contributed by atoms with Crippen LogP contribution in [0, 0.1) is 6.92 Å². The zero-order chi connectivity index (χ0) is 16.1. The first kappa shape index (κ1) is 15.8. The van der Waals surface area contributed by atoms with Crippen LogP contribution in [0.15, 0.2) is 52.9 Å². The number of hydrogen-bond acceptors (Lipinski definition) is 6. The molecule has 0 saturated carbocycles. The van der Waals surface area contributed by atoms with Crippen molar-refractivity contribution in [3.05, 3.63) is 59.7 Å². The predicted molar refractivity (Wildman–Crippen MR) is 96.9 cm³/mol. The van der Waals surface area contributed by atoms with Crippen LogP contribution in [0.3, 0.4) is 0 Å². The van der Waals surface area contributed by atoms with Crippen LogP contribution in [-0.4, -0.2) is 17.3 Å². The zero-order valence-corrected chi connectivity index (χ0v) is 14.6. The zero-order valence-electron chi connectivity index (χ0n) is 12.9. The van der Waals surface area contributed by atoms with Gasteiger partial charge in [0, 0.05) is 11.4 Å². The monoisotopic (exact) mass is 343 g/mol. The minimum absolute atomic E-state index is 0.794. The van der Waals surface area contributed by atoms with Gasteiger partial charge in [-0.2, -0.15) is 0 Å². The van der Waals surface area contributed by atoms with E-state index in [2.05, 4.69) is 46.7 Å². The first-order valence-electron chi connectivity index (χ1n) is 7.16. The average Bonchev–Trinajstić information content (AvgIpc) is 3.02. The molecule has 1 aromatic heterocycles. The van der Waals surface area contributed by atoms with E-state index < -0.39 is 0 Å². The Bertz CT molecular complexity index is 772. The molecule has 0 unspecified atom stereocenters. The quantitative estimate of drug-likeness (QED) is 0.646. The first-order valence-corrected chi connectivity index (χ1v) is 8.96. The minimum atomic E-state index is 0.794. The van der Waals surface area contributed by atoms with Crippen molar-refractivity contribution >= 4 is 33.9 Å². The molecule has 0 atom stereocenters. The number of benzene rings is 2. The summed E-state index contributed by atoms with van der Waals surface area (Å²) in [5, 5.41) is 12.5. The van der Waals surface area contributed by atoms with Crippen LogP contribution in [-0.2, 0) is 5.75 Å². The number of nitrogens with zero attached hydrogens (tertiary/aromatic N) is 2. The highest BCUT2D eigenvalue weighted by Gasteiger charge is 2.06. The van der Waals surface area contributed by atoms with Gasteiger partial charge in [0.15, 0.2) is 4.34 Å². The van der Waals surface area contributed by atoms with Gasteiger partial charge in [-0.1, -0.05) is 47.4 Å². The number of ether oxygens (including phenoxy) is 1. The second kappa shape index (κ2) is 7.48. The Balaban J connectivity index is 1.60. The highest BCUT2D eigenvalue weighted by Crippen LogP contribution is 2.30. The molecule has 3 aromatic rings. The van der Waals surface area contributed by atoms with E-state index in [9.17, 15) is 0 Å². The third-order valence-corrected chi connectivity index (χ3v) is 5.38. The van der Waals surface area contributed by atoms with Gasteiger partial charge in [-0.15, -0.1) is 10.2 Å². The molecule has 0 fully saturated rings. The fourth-order valence-corrected chi connectivity index (χ4v) is 3.88. The highest BCUT2D eigenvalue weighted by atomic mass is 32.2.